The number of nitrogens with two attached hydrogens (primary N) is 1. The van der Waals surface area contributed by atoms with Crippen LogP contribution in [0.5, 0.6) is 0 Å². The Morgan fingerprint density at radius 3 is 2.45 bits per heavy atom. The summed E-state index contributed by atoms with van der Waals surface area (Å²) in [6.07, 6.45) is -3.73. The summed E-state index contributed by atoms with van der Waals surface area (Å²) < 4.78 is 41.7. The maximum atomic E-state index is 13.0. The Balaban J connectivity index is 2.00. The van der Waals surface area contributed by atoms with Crippen LogP contribution in [0.2, 0.25) is 0 Å². The van der Waals surface area contributed by atoms with Crippen molar-refractivity contribution in [1.29, 1.82) is 0 Å². The van der Waals surface area contributed by atoms with Gasteiger partial charge in [-0.15, -0.1) is 10.2 Å². The molecule has 154 valence electrons. The standard InChI is InChI=1S/C16H15F3N6O3S/c1-7(11(26)10-12(20)23(2)15(28)24(3)13(10)27)29-14-22-21-9-5-4-8(6-25(9)14)16(17,18)19/h4-7H,20H2,1-3H3. The normalized spacial score (nSPS) is 13.0. The molecule has 29 heavy (non-hydrogen) atoms. The fourth-order valence-corrected chi connectivity index (χ4v) is 3.51. The molecule has 3 heterocycles. The van der Waals surface area contributed by atoms with Crippen molar-refractivity contribution in [3.05, 3.63) is 50.3 Å². The van der Waals surface area contributed by atoms with Crippen LogP contribution in [0, 0.1) is 0 Å². The van der Waals surface area contributed by atoms with E-state index in [2.05, 4.69) is 10.2 Å². The van der Waals surface area contributed by atoms with E-state index in [4.69, 9.17) is 5.73 Å². The number of anilines is 1. The Hall–Kier alpha value is -3.09. The van der Waals surface area contributed by atoms with Crippen LogP contribution < -0.4 is 17.0 Å². The molecular formula is C16H15F3N6O3S. The van der Waals surface area contributed by atoms with Gasteiger partial charge in [0.05, 0.1) is 10.8 Å². The van der Waals surface area contributed by atoms with E-state index in [0.717, 1.165) is 43.6 Å². The van der Waals surface area contributed by atoms with Gasteiger partial charge in [0.1, 0.15) is 11.4 Å². The summed E-state index contributed by atoms with van der Waals surface area (Å²) in [5, 5.41) is 6.69. The first-order valence-electron chi connectivity index (χ1n) is 8.11. The summed E-state index contributed by atoms with van der Waals surface area (Å²) in [5.41, 5.74) is 3.13. The minimum atomic E-state index is -4.56. The van der Waals surface area contributed by atoms with Gasteiger partial charge in [-0.2, -0.15) is 13.2 Å². The van der Waals surface area contributed by atoms with E-state index in [0.29, 0.717) is 0 Å². The molecule has 13 heteroatoms. The molecule has 0 fully saturated rings. The van der Waals surface area contributed by atoms with E-state index in [-0.39, 0.29) is 22.2 Å². The zero-order valence-corrected chi connectivity index (χ0v) is 16.2. The van der Waals surface area contributed by atoms with Crippen molar-refractivity contribution in [2.24, 2.45) is 14.1 Å². The van der Waals surface area contributed by atoms with Crippen molar-refractivity contribution >= 4 is 29.0 Å². The van der Waals surface area contributed by atoms with Crippen molar-refractivity contribution in [3.63, 3.8) is 0 Å². The molecule has 0 spiro atoms. The number of Topliss-reactive ketones (excluding diaryl/α,β-unsaturated/α-hetero) is 1. The van der Waals surface area contributed by atoms with E-state index in [1.54, 1.807) is 0 Å². The number of aromatic nitrogens is 5. The first kappa shape index (κ1) is 20.6. The molecule has 0 aliphatic rings. The van der Waals surface area contributed by atoms with Crippen LogP contribution in [0.3, 0.4) is 0 Å². The number of halogens is 3. The molecule has 0 saturated carbocycles. The first-order valence-corrected chi connectivity index (χ1v) is 8.99. The van der Waals surface area contributed by atoms with Crippen molar-refractivity contribution < 1.29 is 18.0 Å². The Kier molecular flexibility index (Phi) is 5.03. The Morgan fingerprint density at radius 2 is 1.83 bits per heavy atom. The molecule has 3 aromatic heterocycles. The summed E-state index contributed by atoms with van der Waals surface area (Å²) in [6, 6.07) is 2.04. The smallest absolute Gasteiger partial charge is 0.384 e. The highest BCUT2D eigenvalue weighted by atomic mass is 32.2. The molecule has 9 nitrogen and oxygen atoms in total. The summed E-state index contributed by atoms with van der Waals surface area (Å²) in [7, 11) is 2.53. The van der Waals surface area contributed by atoms with Gasteiger partial charge < -0.3 is 5.73 Å². The third-order valence-corrected chi connectivity index (χ3v) is 5.36. The zero-order valence-electron chi connectivity index (χ0n) is 15.4. The highest BCUT2D eigenvalue weighted by Crippen LogP contribution is 2.31. The fourth-order valence-electron chi connectivity index (χ4n) is 2.62. The zero-order chi connectivity index (χ0) is 21.7. The van der Waals surface area contributed by atoms with Crippen LogP contribution >= 0.6 is 11.8 Å². The lowest BCUT2D eigenvalue weighted by molar-refractivity contribution is -0.137. The first-order chi connectivity index (χ1) is 13.4. The molecule has 3 rings (SSSR count). The quantitative estimate of drug-likeness (QED) is 0.488. The number of nitrogen functional groups attached to an aromatic ring is 1. The third kappa shape index (κ3) is 3.52. The molecule has 0 aliphatic carbocycles. The number of hydrogen-bond acceptors (Lipinski definition) is 7. The Bertz CT molecular complexity index is 1240. The number of alkyl halides is 3. The summed E-state index contributed by atoms with van der Waals surface area (Å²) in [4.78, 5) is 37.1. The molecule has 0 aromatic carbocycles. The number of nitrogens with zero attached hydrogens (tertiary/aromatic N) is 5. The van der Waals surface area contributed by atoms with Crippen LogP contribution in [0.25, 0.3) is 5.65 Å². The van der Waals surface area contributed by atoms with Crippen molar-refractivity contribution in [2.75, 3.05) is 5.73 Å². The largest absolute Gasteiger partial charge is 0.417 e. The van der Waals surface area contributed by atoms with E-state index in [1.165, 1.54) is 21.0 Å². The predicted octanol–water partition coefficient (Wildman–Crippen LogP) is 1.09. The highest BCUT2D eigenvalue weighted by molar-refractivity contribution is 8.00. The molecule has 3 aromatic rings. The molecule has 0 saturated heterocycles. The van der Waals surface area contributed by atoms with Crippen LogP contribution in [0.4, 0.5) is 19.0 Å². The van der Waals surface area contributed by atoms with Gasteiger partial charge >= 0.3 is 11.9 Å². The van der Waals surface area contributed by atoms with Gasteiger partial charge in [0, 0.05) is 20.3 Å². The van der Waals surface area contributed by atoms with E-state index < -0.39 is 34.0 Å². The molecule has 0 amide bonds. The van der Waals surface area contributed by atoms with Crippen LogP contribution in [-0.2, 0) is 20.3 Å². The van der Waals surface area contributed by atoms with Crippen molar-refractivity contribution in [3.8, 4) is 0 Å². The molecule has 0 aliphatic heterocycles. The number of fused-ring (bicyclic) bond motifs is 1. The molecule has 0 radical (unpaired) electrons. The summed E-state index contributed by atoms with van der Waals surface area (Å²) in [5.74, 6) is -0.978. The average Bonchev–Trinajstić information content (AvgIpc) is 3.06. The number of thioether (sulfide) groups is 1. The maximum absolute atomic E-state index is 13.0. The average molecular weight is 428 g/mol. The second-order valence-electron chi connectivity index (χ2n) is 6.22. The van der Waals surface area contributed by atoms with Crippen molar-refractivity contribution in [2.45, 2.75) is 23.5 Å². The molecule has 1 atom stereocenters. The second kappa shape index (κ2) is 7.06. The molecule has 0 bridgehead atoms. The summed E-state index contributed by atoms with van der Waals surface area (Å²) in [6.45, 7) is 1.45. The minimum Gasteiger partial charge on any atom is -0.384 e. The number of carbonyl (C=O) groups excluding carboxylic acids is 1. The van der Waals surface area contributed by atoms with Gasteiger partial charge in [-0.3, -0.25) is 23.1 Å². The lowest BCUT2D eigenvalue weighted by atomic mass is 10.1. The van der Waals surface area contributed by atoms with Crippen LogP contribution in [0.1, 0.15) is 22.8 Å². The second-order valence-corrected chi connectivity index (χ2v) is 7.52. The predicted molar refractivity (Wildman–Crippen MR) is 99.0 cm³/mol. The highest BCUT2D eigenvalue weighted by Gasteiger charge is 2.32. The van der Waals surface area contributed by atoms with Gasteiger partial charge in [0.25, 0.3) is 5.56 Å². The van der Waals surface area contributed by atoms with E-state index >= 15 is 0 Å². The van der Waals surface area contributed by atoms with Gasteiger partial charge in [-0.05, 0) is 19.1 Å². The number of rotatable bonds is 4. The van der Waals surface area contributed by atoms with Crippen LogP contribution in [0.15, 0.2) is 33.1 Å². The van der Waals surface area contributed by atoms with Gasteiger partial charge in [-0.25, -0.2) is 4.79 Å². The topological polar surface area (TPSA) is 117 Å². The molecule has 2 N–H and O–H groups in total. The van der Waals surface area contributed by atoms with Gasteiger partial charge in [-0.1, -0.05) is 11.8 Å². The lowest BCUT2D eigenvalue weighted by Gasteiger charge is -2.14. The number of carbonyl (C=O) groups is 1. The number of ketones is 1. The van der Waals surface area contributed by atoms with E-state index in [9.17, 15) is 27.6 Å². The molecule has 1 unspecified atom stereocenters. The van der Waals surface area contributed by atoms with Gasteiger partial charge in [0.15, 0.2) is 16.6 Å². The summed E-state index contributed by atoms with van der Waals surface area (Å²) >= 11 is 0.817. The van der Waals surface area contributed by atoms with Gasteiger partial charge in [0.2, 0.25) is 0 Å². The monoisotopic (exact) mass is 428 g/mol. The number of hydrogen-bond donors (Lipinski definition) is 1. The van der Waals surface area contributed by atoms with Crippen LogP contribution in [-0.4, -0.2) is 34.8 Å². The third-order valence-electron chi connectivity index (χ3n) is 4.31. The Morgan fingerprint density at radius 1 is 1.17 bits per heavy atom. The van der Waals surface area contributed by atoms with E-state index in [1.807, 2.05) is 0 Å². The number of pyridine rings is 1. The SMILES string of the molecule is CC(Sc1nnc2ccc(C(F)(F)F)cn12)C(=O)c1c(N)n(C)c(=O)n(C)c1=O. The lowest BCUT2D eigenvalue weighted by Crippen LogP contribution is -2.42. The van der Waals surface area contributed by atoms with Crippen molar-refractivity contribution in [1.82, 2.24) is 23.7 Å². The fraction of sp³-hybridized carbons (Fsp3) is 0.312. The molecular weight excluding hydrogens is 413 g/mol. The maximum Gasteiger partial charge on any atom is 0.417 e. The Labute approximate surface area is 165 Å². The minimum absolute atomic E-state index is 0.0344.